The highest BCUT2D eigenvalue weighted by molar-refractivity contribution is 5.84. The molecule has 28 heavy (non-hydrogen) atoms. The summed E-state index contributed by atoms with van der Waals surface area (Å²) in [4.78, 5) is 13.2. The zero-order valence-corrected chi connectivity index (χ0v) is 17.5. The molecule has 1 aromatic rings. The molecule has 2 bridgehead atoms. The molecule has 3 fully saturated rings. The topological polar surface area (TPSA) is 49.3 Å². The van der Waals surface area contributed by atoms with E-state index in [-0.39, 0.29) is 11.3 Å². The van der Waals surface area contributed by atoms with Crippen molar-refractivity contribution in [2.24, 2.45) is 23.7 Å². The van der Waals surface area contributed by atoms with E-state index >= 15 is 0 Å². The maximum atomic E-state index is 13.2. The number of hydrogen-bond acceptors (Lipinski definition) is 3. The quantitative estimate of drug-likeness (QED) is 0.788. The first-order valence-electron chi connectivity index (χ1n) is 11.6. The fourth-order valence-corrected chi connectivity index (χ4v) is 6.59. The van der Waals surface area contributed by atoms with Crippen molar-refractivity contribution < 1.29 is 9.90 Å². The van der Waals surface area contributed by atoms with Gasteiger partial charge in [-0.2, -0.15) is 0 Å². The average Bonchev–Trinajstić information content (AvgIpc) is 3.44. The molecule has 1 saturated heterocycles. The average molecular weight is 382 g/mol. The largest absolute Gasteiger partial charge is 0.508 e. The van der Waals surface area contributed by atoms with Crippen LogP contribution in [0.2, 0.25) is 0 Å². The number of benzene rings is 1. The lowest BCUT2D eigenvalue weighted by Gasteiger charge is -2.57. The summed E-state index contributed by atoms with van der Waals surface area (Å²) in [7, 11) is 0. The molecule has 3 heteroatoms. The van der Waals surface area contributed by atoms with Gasteiger partial charge in [0.15, 0.2) is 0 Å². The molecule has 4 aliphatic rings. The van der Waals surface area contributed by atoms with Gasteiger partial charge in [0.2, 0.25) is 0 Å². The number of carbonyl (C=O) groups excluding carboxylic acids is 1. The third-order valence-electron chi connectivity index (χ3n) is 8.24. The van der Waals surface area contributed by atoms with Gasteiger partial charge in [-0.25, -0.2) is 0 Å². The predicted octanol–water partition coefficient (Wildman–Crippen LogP) is 4.53. The van der Waals surface area contributed by atoms with E-state index in [4.69, 9.17) is 0 Å². The normalized spacial score (nSPS) is 34.2. The fourth-order valence-electron chi connectivity index (χ4n) is 6.59. The van der Waals surface area contributed by atoms with Crippen LogP contribution in [0.4, 0.5) is 0 Å². The van der Waals surface area contributed by atoms with Crippen molar-refractivity contribution in [1.82, 2.24) is 5.32 Å². The highest BCUT2D eigenvalue weighted by atomic mass is 16.3. The number of phenols is 1. The van der Waals surface area contributed by atoms with Crippen LogP contribution >= 0.6 is 0 Å². The Bertz CT molecular complexity index is 781. The lowest BCUT2D eigenvalue weighted by Crippen LogP contribution is -2.62. The molecule has 4 atom stereocenters. The van der Waals surface area contributed by atoms with E-state index in [1.54, 1.807) is 0 Å². The number of nitrogens with one attached hydrogen (secondary N) is 1. The van der Waals surface area contributed by atoms with Crippen molar-refractivity contribution in [2.75, 3.05) is 6.54 Å². The summed E-state index contributed by atoms with van der Waals surface area (Å²) in [6, 6.07) is 4.54. The van der Waals surface area contributed by atoms with E-state index in [0.717, 1.165) is 51.0 Å². The highest BCUT2D eigenvalue weighted by Crippen LogP contribution is 2.56. The summed E-state index contributed by atoms with van der Waals surface area (Å²) in [6.07, 6.45) is 9.81. The second-order valence-electron chi connectivity index (χ2n) is 10.6. The van der Waals surface area contributed by atoms with Gasteiger partial charge in [0, 0.05) is 23.8 Å². The summed E-state index contributed by atoms with van der Waals surface area (Å²) in [5.41, 5.74) is 4.12. The maximum Gasteiger partial charge on any atom is 0.136 e. The van der Waals surface area contributed by atoms with E-state index in [1.807, 2.05) is 12.1 Å². The van der Waals surface area contributed by atoms with Gasteiger partial charge in [-0.05, 0) is 98.1 Å². The zero-order valence-electron chi connectivity index (χ0n) is 17.5. The van der Waals surface area contributed by atoms with Crippen molar-refractivity contribution in [1.29, 1.82) is 0 Å². The van der Waals surface area contributed by atoms with E-state index in [9.17, 15) is 9.90 Å². The Labute approximate surface area is 169 Å². The number of phenolic OH excluding ortho intramolecular Hbond substituents is 1. The molecule has 2 N–H and O–H groups in total. The summed E-state index contributed by atoms with van der Waals surface area (Å²) >= 11 is 0. The Kier molecular flexibility index (Phi) is 4.58. The van der Waals surface area contributed by atoms with Gasteiger partial charge in [-0.3, -0.25) is 4.79 Å². The van der Waals surface area contributed by atoms with Gasteiger partial charge in [0.05, 0.1) is 0 Å². The van der Waals surface area contributed by atoms with Crippen LogP contribution in [0.15, 0.2) is 12.1 Å². The predicted molar refractivity (Wildman–Crippen MR) is 112 cm³/mol. The molecule has 1 heterocycles. The first kappa shape index (κ1) is 18.7. The van der Waals surface area contributed by atoms with E-state index in [1.165, 1.54) is 29.5 Å². The van der Waals surface area contributed by atoms with Crippen LogP contribution in [0, 0.1) is 23.7 Å². The Morgan fingerprint density at radius 3 is 2.86 bits per heavy atom. The fraction of sp³-hybridized carbons (Fsp3) is 0.720. The molecule has 0 spiro atoms. The Hall–Kier alpha value is -1.35. The van der Waals surface area contributed by atoms with E-state index in [2.05, 4.69) is 19.2 Å². The van der Waals surface area contributed by atoms with Crippen molar-refractivity contribution in [3.8, 4) is 5.75 Å². The molecule has 5 rings (SSSR count). The molecule has 2 saturated carbocycles. The number of rotatable bonds is 5. The van der Waals surface area contributed by atoms with Crippen molar-refractivity contribution in [3.05, 3.63) is 28.8 Å². The van der Waals surface area contributed by atoms with Gasteiger partial charge in [0.1, 0.15) is 11.5 Å². The lowest BCUT2D eigenvalue weighted by atomic mass is 9.50. The smallest absolute Gasteiger partial charge is 0.136 e. The maximum absolute atomic E-state index is 13.2. The molecule has 0 radical (unpaired) electrons. The van der Waals surface area contributed by atoms with E-state index < -0.39 is 0 Å². The van der Waals surface area contributed by atoms with Crippen molar-refractivity contribution >= 4 is 5.78 Å². The number of Topliss-reactive ketones (excluding diaryl/α,β-unsaturated/α-hetero) is 1. The second-order valence-corrected chi connectivity index (χ2v) is 10.6. The standard InChI is InChI=1S/C25H35NO2/c1-15(2)3-6-17-11-22-23-13-20-18(9-16-4-5-16)10-19(27)12-21(20)25(22,7-8-26-23)14-24(17)28/h10,12,15-17,22-23,26-27H,3-9,11,13-14H2,1-2H3. The number of carbonyl (C=O) groups is 1. The van der Waals surface area contributed by atoms with Gasteiger partial charge in [-0.1, -0.05) is 20.3 Å². The van der Waals surface area contributed by atoms with Crippen LogP contribution in [0.1, 0.15) is 75.5 Å². The van der Waals surface area contributed by atoms with Crippen LogP contribution in [-0.4, -0.2) is 23.5 Å². The Balaban J connectivity index is 1.52. The van der Waals surface area contributed by atoms with Crippen LogP contribution in [0.25, 0.3) is 0 Å². The summed E-state index contributed by atoms with van der Waals surface area (Å²) in [5, 5.41) is 14.4. The van der Waals surface area contributed by atoms with Gasteiger partial charge in [-0.15, -0.1) is 0 Å². The van der Waals surface area contributed by atoms with Gasteiger partial charge < -0.3 is 10.4 Å². The lowest BCUT2D eigenvalue weighted by molar-refractivity contribution is -0.131. The molecular weight excluding hydrogens is 346 g/mol. The first-order valence-corrected chi connectivity index (χ1v) is 11.6. The molecule has 1 aliphatic heterocycles. The molecule has 152 valence electrons. The van der Waals surface area contributed by atoms with Gasteiger partial charge in [0.25, 0.3) is 0 Å². The third kappa shape index (κ3) is 3.10. The van der Waals surface area contributed by atoms with Crippen LogP contribution in [-0.2, 0) is 23.1 Å². The summed E-state index contributed by atoms with van der Waals surface area (Å²) in [6.45, 7) is 5.51. The van der Waals surface area contributed by atoms with E-state index in [0.29, 0.717) is 35.8 Å². The molecule has 3 nitrogen and oxygen atoms in total. The minimum atomic E-state index is -0.0358. The number of piperidine rings is 1. The molecule has 3 aliphatic carbocycles. The van der Waals surface area contributed by atoms with Crippen LogP contribution in [0.5, 0.6) is 5.75 Å². The first-order chi connectivity index (χ1) is 13.5. The molecular formula is C25H35NO2. The van der Waals surface area contributed by atoms with Crippen LogP contribution in [0.3, 0.4) is 0 Å². The SMILES string of the molecule is CC(C)CCC1CC2C3Cc4c(CC5CC5)cc(O)cc4C2(CCN3)CC1=O. The molecule has 1 aromatic carbocycles. The molecule has 0 amide bonds. The number of fused-ring (bicyclic) bond motifs is 1. The summed E-state index contributed by atoms with van der Waals surface area (Å²) in [5.74, 6) is 3.15. The molecule has 4 unspecified atom stereocenters. The number of aromatic hydroxyl groups is 1. The Morgan fingerprint density at radius 1 is 1.29 bits per heavy atom. The van der Waals surface area contributed by atoms with Crippen LogP contribution < -0.4 is 5.32 Å². The van der Waals surface area contributed by atoms with Crippen molar-refractivity contribution in [3.63, 3.8) is 0 Å². The minimum Gasteiger partial charge on any atom is -0.508 e. The Morgan fingerprint density at radius 2 is 2.11 bits per heavy atom. The number of hydrogen-bond donors (Lipinski definition) is 2. The van der Waals surface area contributed by atoms with Crippen molar-refractivity contribution in [2.45, 2.75) is 83.1 Å². The van der Waals surface area contributed by atoms with Gasteiger partial charge >= 0.3 is 0 Å². The monoisotopic (exact) mass is 381 g/mol. The third-order valence-corrected chi connectivity index (χ3v) is 8.24. The zero-order chi connectivity index (χ0) is 19.5. The minimum absolute atomic E-state index is 0.0358. The molecule has 0 aromatic heterocycles. The summed E-state index contributed by atoms with van der Waals surface area (Å²) < 4.78 is 0. The second kappa shape index (κ2) is 6.86. The number of ketones is 1. The highest BCUT2D eigenvalue weighted by Gasteiger charge is 2.55.